The fraction of sp³-hybridized carbons (Fsp3) is 0.389. The van der Waals surface area contributed by atoms with E-state index in [0.717, 1.165) is 31.6 Å². The van der Waals surface area contributed by atoms with E-state index in [0.29, 0.717) is 0 Å². The van der Waals surface area contributed by atoms with E-state index >= 15 is 0 Å². The summed E-state index contributed by atoms with van der Waals surface area (Å²) in [5.41, 5.74) is 3.38. The molecule has 1 aromatic carbocycles. The Bertz CT molecular complexity index is 648. The number of aryl methyl sites for hydroxylation is 1. The third-order valence-electron chi connectivity index (χ3n) is 4.36. The maximum absolute atomic E-state index is 12.7. The van der Waals surface area contributed by atoms with Crippen molar-refractivity contribution >= 4 is 11.7 Å². The molecule has 0 spiro atoms. The fourth-order valence-electron chi connectivity index (χ4n) is 3.25. The maximum Gasteiger partial charge on any atom is 0.322 e. The van der Waals surface area contributed by atoms with Crippen molar-refractivity contribution in [2.24, 2.45) is 0 Å². The van der Waals surface area contributed by atoms with Gasteiger partial charge in [-0.05, 0) is 37.6 Å². The SMILES string of the molecule is CCCC1c2ccc(C)n2CCN1C(=O)Nc1ccccc1. The van der Waals surface area contributed by atoms with Crippen LogP contribution in [-0.4, -0.2) is 22.0 Å². The van der Waals surface area contributed by atoms with Crippen molar-refractivity contribution in [1.82, 2.24) is 9.47 Å². The minimum atomic E-state index is -0.00486. The number of hydrogen-bond acceptors (Lipinski definition) is 1. The Kier molecular flexibility index (Phi) is 4.18. The summed E-state index contributed by atoms with van der Waals surface area (Å²) in [6, 6.07) is 14.1. The number of fused-ring (bicyclic) bond motifs is 1. The Morgan fingerprint density at radius 3 is 2.68 bits per heavy atom. The lowest BCUT2D eigenvalue weighted by atomic mass is 10.0. The third kappa shape index (κ3) is 2.73. The number of urea groups is 1. The molecule has 0 saturated heterocycles. The first-order chi connectivity index (χ1) is 10.7. The molecule has 1 unspecified atom stereocenters. The molecule has 0 saturated carbocycles. The van der Waals surface area contributed by atoms with E-state index in [1.54, 1.807) is 0 Å². The number of benzene rings is 1. The quantitative estimate of drug-likeness (QED) is 0.906. The monoisotopic (exact) mass is 297 g/mol. The van der Waals surface area contributed by atoms with Crippen molar-refractivity contribution < 1.29 is 4.79 Å². The van der Waals surface area contributed by atoms with E-state index < -0.39 is 0 Å². The average Bonchev–Trinajstić information content (AvgIpc) is 2.91. The van der Waals surface area contributed by atoms with Gasteiger partial charge in [0.1, 0.15) is 0 Å². The van der Waals surface area contributed by atoms with E-state index in [9.17, 15) is 4.79 Å². The van der Waals surface area contributed by atoms with Crippen LogP contribution in [0.15, 0.2) is 42.5 Å². The molecule has 1 aliphatic rings. The van der Waals surface area contributed by atoms with Crippen LogP contribution in [0.4, 0.5) is 10.5 Å². The number of anilines is 1. The average molecular weight is 297 g/mol. The lowest BCUT2D eigenvalue weighted by Gasteiger charge is -2.37. The van der Waals surface area contributed by atoms with Gasteiger partial charge in [-0.2, -0.15) is 0 Å². The number of rotatable bonds is 3. The number of hydrogen-bond donors (Lipinski definition) is 1. The minimum Gasteiger partial charge on any atom is -0.345 e. The number of nitrogens with zero attached hydrogens (tertiary/aromatic N) is 2. The van der Waals surface area contributed by atoms with Crippen LogP contribution in [0.2, 0.25) is 0 Å². The summed E-state index contributed by atoms with van der Waals surface area (Å²) in [7, 11) is 0. The molecule has 1 N–H and O–H groups in total. The van der Waals surface area contributed by atoms with Gasteiger partial charge in [0.15, 0.2) is 0 Å². The van der Waals surface area contributed by atoms with Crippen LogP contribution < -0.4 is 5.32 Å². The lowest BCUT2D eigenvalue weighted by molar-refractivity contribution is 0.162. The van der Waals surface area contributed by atoms with Crippen molar-refractivity contribution in [2.75, 3.05) is 11.9 Å². The van der Waals surface area contributed by atoms with Crippen molar-refractivity contribution in [2.45, 2.75) is 39.3 Å². The van der Waals surface area contributed by atoms with E-state index in [2.05, 4.69) is 35.9 Å². The molecule has 1 aliphatic heterocycles. The Morgan fingerprint density at radius 1 is 1.18 bits per heavy atom. The highest BCUT2D eigenvalue weighted by molar-refractivity contribution is 5.89. The first kappa shape index (κ1) is 14.7. The third-order valence-corrected chi connectivity index (χ3v) is 4.36. The van der Waals surface area contributed by atoms with Gasteiger partial charge < -0.3 is 14.8 Å². The van der Waals surface area contributed by atoms with Crippen LogP contribution >= 0.6 is 0 Å². The van der Waals surface area contributed by atoms with Gasteiger partial charge in [0.2, 0.25) is 0 Å². The Balaban J connectivity index is 1.82. The molecular weight excluding hydrogens is 274 g/mol. The molecular formula is C18H23N3O. The highest BCUT2D eigenvalue weighted by atomic mass is 16.2. The fourth-order valence-corrected chi connectivity index (χ4v) is 3.25. The van der Waals surface area contributed by atoms with Gasteiger partial charge in [-0.15, -0.1) is 0 Å². The first-order valence-electron chi connectivity index (χ1n) is 7.99. The molecule has 2 aromatic rings. The summed E-state index contributed by atoms with van der Waals surface area (Å²) in [4.78, 5) is 14.7. The van der Waals surface area contributed by atoms with Crippen LogP contribution in [0, 0.1) is 6.92 Å². The van der Waals surface area contributed by atoms with Crippen LogP contribution in [0.1, 0.15) is 37.2 Å². The summed E-state index contributed by atoms with van der Waals surface area (Å²) < 4.78 is 2.34. The van der Waals surface area contributed by atoms with Crippen LogP contribution in [0.3, 0.4) is 0 Å². The van der Waals surface area contributed by atoms with Gasteiger partial charge >= 0.3 is 6.03 Å². The lowest BCUT2D eigenvalue weighted by Crippen LogP contribution is -2.44. The Morgan fingerprint density at radius 2 is 1.95 bits per heavy atom. The second-order valence-electron chi connectivity index (χ2n) is 5.85. The van der Waals surface area contributed by atoms with Gasteiger partial charge in [-0.3, -0.25) is 0 Å². The zero-order chi connectivity index (χ0) is 15.5. The highest BCUT2D eigenvalue weighted by Gasteiger charge is 2.30. The number of para-hydroxylation sites is 1. The molecule has 0 fully saturated rings. The van der Waals surface area contributed by atoms with E-state index in [4.69, 9.17) is 0 Å². The van der Waals surface area contributed by atoms with E-state index in [1.807, 2.05) is 35.2 Å². The Hall–Kier alpha value is -2.23. The zero-order valence-electron chi connectivity index (χ0n) is 13.2. The molecule has 22 heavy (non-hydrogen) atoms. The largest absolute Gasteiger partial charge is 0.345 e. The molecule has 4 heteroatoms. The maximum atomic E-state index is 12.7. The number of nitrogens with one attached hydrogen (secondary N) is 1. The summed E-state index contributed by atoms with van der Waals surface area (Å²) >= 11 is 0. The molecule has 0 aliphatic carbocycles. The Labute approximate surface area is 131 Å². The first-order valence-corrected chi connectivity index (χ1v) is 7.99. The molecule has 2 heterocycles. The molecule has 0 bridgehead atoms. The summed E-state index contributed by atoms with van der Waals surface area (Å²) in [5, 5.41) is 3.02. The molecule has 3 rings (SSSR count). The number of carbonyl (C=O) groups excluding carboxylic acids is 1. The van der Waals surface area contributed by atoms with Crippen molar-refractivity contribution in [1.29, 1.82) is 0 Å². The minimum absolute atomic E-state index is 0.00486. The number of aromatic nitrogens is 1. The van der Waals surface area contributed by atoms with E-state index in [-0.39, 0.29) is 12.1 Å². The van der Waals surface area contributed by atoms with Gasteiger partial charge in [0.05, 0.1) is 6.04 Å². The second kappa shape index (κ2) is 6.26. The van der Waals surface area contributed by atoms with Crippen molar-refractivity contribution in [3.8, 4) is 0 Å². The molecule has 4 nitrogen and oxygen atoms in total. The summed E-state index contributed by atoms with van der Waals surface area (Å²) in [6.45, 7) is 5.93. The van der Waals surface area contributed by atoms with Gasteiger partial charge in [0, 0.05) is 30.2 Å². The van der Waals surface area contributed by atoms with Gasteiger partial charge in [0.25, 0.3) is 0 Å². The van der Waals surface area contributed by atoms with Crippen molar-refractivity contribution in [3.63, 3.8) is 0 Å². The van der Waals surface area contributed by atoms with Crippen LogP contribution in [0.5, 0.6) is 0 Å². The smallest absolute Gasteiger partial charge is 0.322 e. The summed E-state index contributed by atoms with van der Waals surface area (Å²) in [6.07, 6.45) is 2.05. The van der Waals surface area contributed by atoms with Crippen molar-refractivity contribution in [3.05, 3.63) is 53.9 Å². The molecule has 116 valence electrons. The standard InChI is InChI=1S/C18H23N3O/c1-3-7-16-17-11-10-14(2)20(17)12-13-21(16)18(22)19-15-8-5-4-6-9-15/h4-6,8-11,16H,3,7,12-13H2,1-2H3,(H,19,22). The number of amides is 2. The number of carbonyl (C=O) groups is 1. The summed E-state index contributed by atoms with van der Waals surface area (Å²) in [5.74, 6) is 0. The topological polar surface area (TPSA) is 37.3 Å². The van der Waals surface area contributed by atoms with Gasteiger partial charge in [-0.25, -0.2) is 4.79 Å². The molecule has 1 aromatic heterocycles. The predicted molar refractivity (Wildman–Crippen MR) is 89.0 cm³/mol. The second-order valence-corrected chi connectivity index (χ2v) is 5.85. The molecule has 0 radical (unpaired) electrons. The van der Waals surface area contributed by atoms with Crippen LogP contribution in [-0.2, 0) is 6.54 Å². The zero-order valence-corrected chi connectivity index (χ0v) is 13.2. The molecule has 2 amide bonds. The highest BCUT2D eigenvalue weighted by Crippen LogP contribution is 2.31. The predicted octanol–water partition coefficient (Wildman–Crippen LogP) is 4.19. The van der Waals surface area contributed by atoms with E-state index in [1.165, 1.54) is 11.4 Å². The van der Waals surface area contributed by atoms with Gasteiger partial charge in [-0.1, -0.05) is 31.5 Å². The molecule has 1 atom stereocenters. The van der Waals surface area contributed by atoms with Crippen LogP contribution in [0.25, 0.3) is 0 Å². The normalized spacial score (nSPS) is 17.2.